The number of ketones is 1. The summed E-state index contributed by atoms with van der Waals surface area (Å²) in [4.78, 5) is 11.5. The molecule has 1 nitrogen and oxygen atoms in total. The predicted octanol–water partition coefficient (Wildman–Crippen LogP) is 3.18. The van der Waals surface area contributed by atoms with Crippen molar-refractivity contribution in [1.29, 1.82) is 0 Å². The van der Waals surface area contributed by atoms with E-state index in [1.165, 1.54) is 12.8 Å². The van der Waals surface area contributed by atoms with E-state index in [0.29, 0.717) is 17.6 Å². The molecule has 0 spiro atoms. The number of carbonyl (C=O) groups is 1. The van der Waals surface area contributed by atoms with Crippen molar-refractivity contribution in [3.8, 4) is 0 Å². The van der Waals surface area contributed by atoms with Gasteiger partial charge < -0.3 is 0 Å². The molecule has 0 bridgehead atoms. The Hall–Kier alpha value is -0.330. The Labute approximate surface area is 75.5 Å². The molecular formula is C11H20O. The molecule has 1 rings (SSSR count). The first-order valence-electron chi connectivity index (χ1n) is 5.23. The highest BCUT2D eigenvalue weighted by atomic mass is 16.1. The molecule has 0 atom stereocenters. The van der Waals surface area contributed by atoms with Crippen LogP contribution in [0.1, 0.15) is 52.4 Å². The average molecular weight is 168 g/mol. The summed E-state index contributed by atoms with van der Waals surface area (Å²) in [7, 11) is 0. The summed E-state index contributed by atoms with van der Waals surface area (Å²) in [6.07, 6.45) is 6.78. The zero-order valence-electron chi connectivity index (χ0n) is 8.31. The zero-order valence-corrected chi connectivity index (χ0v) is 8.31. The van der Waals surface area contributed by atoms with Crippen LogP contribution in [0.2, 0.25) is 0 Å². The quantitative estimate of drug-likeness (QED) is 0.630. The summed E-state index contributed by atoms with van der Waals surface area (Å²) in [5, 5.41) is 0. The molecule has 0 heterocycles. The Balaban J connectivity index is 2.18. The Morgan fingerprint density at radius 3 is 2.42 bits per heavy atom. The lowest BCUT2D eigenvalue weighted by Crippen LogP contribution is -2.11. The monoisotopic (exact) mass is 168 g/mol. The van der Waals surface area contributed by atoms with Gasteiger partial charge in [-0.15, -0.1) is 0 Å². The molecule has 1 aliphatic rings. The van der Waals surface area contributed by atoms with Gasteiger partial charge in [0.05, 0.1) is 0 Å². The molecule has 1 saturated carbocycles. The van der Waals surface area contributed by atoms with Gasteiger partial charge in [-0.1, -0.05) is 26.7 Å². The molecule has 1 heteroatoms. The van der Waals surface area contributed by atoms with Crippen LogP contribution in [-0.4, -0.2) is 5.78 Å². The van der Waals surface area contributed by atoms with Crippen molar-refractivity contribution in [2.75, 3.05) is 0 Å². The minimum Gasteiger partial charge on any atom is -0.299 e. The smallest absolute Gasteiger partial charge is 0.135 e. The van der Waals surface area contributed by atoms with Crippen LogP contribution in [0.4, 0.5) is 0 Å². The van der Waals surface area contributed by atoms with Crippen molar-refractivity contribution in [1.82, 2.24) is 0 Å². The summed E-state index contributed by atoms with van der Waals surface area (Å²) in [6, 6.07) is 0. The van der Waals surface area contributed by atoms with Crippen molar-refractivity contribution in [3.63, 3.8) is 0 Å². The SMILES string of the molecule is CC(C)CCC(=O)C1CCCC1. The van der Waals surface area contributed by atoms with Gasteiger partial charge in [0.2, 0.25) is 0 Å². The Morgan fingerprint density at radius 1 is 1.33 bits per heavy atom. The van der Waals surface area contributed by atoms with Gasteiger partial charge >= 0.3 is 0 Å². The van der Waals surface area contributed by atoms with Gasteiger partial charge in [-0.2, -0.15) is 0 Å². The van der Waals surface area contributed by atoms with E-state index in [1.807, 2.05) is 0 Å². The average Bonchev–Trinajstić information content (AvgIpc) is 2.51. The second-order valence-corrected chi connectivity index (χ2v) is 4.38. The molecule has 1 aliphatic carbocycles. The first-order chi connectivity index (χ1) is 5.70. The summed E-state index contributed by atoms with van der Waals surface area (Å²) >= 11 is 0. The summed E-state index contributed by atoms with van der Waals surface area (Å²) in [6.45, 7) is 4.36. The molecule has 0 N–H and O–H groups in total. The van der Waals surface area contributed by atoms with Gasteiger partial charge in [-0.25, -0.2) is 0 Å². The molecule has 0 radical (unpaired) electrons. The molecule has 0 aliphatic heterocycles. The highest BCUT2D eigenvalue weighted by Crippen LogP contribution is 2.27. The number of Topliss-reactive ketones (excluding diaryl/α,β-unsaturated/α-hetero) is 1. The molecule has 0 aromatic carbocycles. The summed E-state index contributed by atoms with van der Waals surface area (Å²) in [5.74, 6) is 1.64. The van der Waals surface area contributed by atoms with Crippen LogP contribution in [-0.2, 0) is 4.79 Å². The fourth-order valence-electron chi connectivity index (χ4n) is 1.88. The highest BCUT2D eigenvalue weighted by Gasteiger charge is 2.21. The number of carbonyl (C=O) groups excluding carboxylic acids is 1. The van der Waals surface area contributed by atoms with Crippen molar-refractivity contribution in [2.45, 2.75) is 52.4 Å². The van der Waals surface area contributed by atoms with E-state index in [0.717, 1.165) is 25.7 Å². The second kappa shape index (κ2) is 4.64. The van der Waals surface area contributed by atoms with E-state index >= 15 is 0 Å². The molecule has 70 valence electrons. The normalized spacial score (nSPS) is 18.9. The number of hydrogen-bond donors (Lipinski definition) is 0. The van der Waals surface area contributed by atoms with Crippen LogP contribution in [0.15, 0.2) is 0 Å². The topological polar surface area (TPSA) is 17.1 Å². The van der Waals surface area contributed by atoms with E-state index in [4.69, 9.17) is 0 Å². The molecule has 0 aromatic heterocycles. The van der Waals surface area contributed by atoms with Crippen LogP contribution in [0, 0.1) is 11.8 Å². The number of hydrogen-bond acceptors (Lipinski definition) is 1. The lowest BCUT2D eigenvalue weighted by molar-refractivity contribution is -0.122. The van der Waals surface area contributed by atoms with Gasteiger partial charge in [0.25, 0.3) is 0 Å². The third-order valence-corrected chi connectivity index (χ3v) is 2.78. The van der Waals surface area contributed by atoms with E-state index in [9.17, 15) is 4.79 Å². The Morgan fingerprint density at radius 2 is 1.92 bits per heavy atom. The van der Waals surface area contributed by atoms with Crippen molar-refractivity contribution in [3.05, 3.63) is 0 Å². The molecule has 0 aromatic rings. The lowest BCUT2D eigenvalue weighted by atomic mass is 9.96. The molecule has 0 unspecified atom stereocenters. The van der Waals surface area contributed by atoms with Gasteiger partial charge in [0, 0.05) is 12.3 Å². The van der Waals surface area contributed by atoms with Crippen LogP contribution in [0.3, 0.4) is 0 Å². The molecule has 0 amide bonds. The van der Waals surface area contributed by atoms with E-state index in [2.05, 4.69) is 13.8 Å². The predicted molar refractivity (Wildman–Crippen MR) is 51.0 cm³/mol. The second-order valence-electron chi connectivity index (χ2n) is 4.38. The van der Waals surface area contributed by atoms with E-state index < -0.39 is 0 Å². The largest absolute Gasteiger partial charge is 0.299 e. The maximum Gasteiger partial charge on any atom is 0.135 e. The molecule has 12 heavy (non-hydrogen) atoms. The zero-order chi connectivity index (χ0) is 8.97. The van der Waals surface area contributed by atoms with Gasteiger partial charge in [-0.3, -0.25) is 4.79 Å². The van der Waals surface area contributed by atoms with Crippen LogP contribution in [0.25, 0.3) is 0 Å². The molecule has 0 saturated heterocycles. The first kappa shape index (κ1) is 9.76. The van der Waals surface area contributed by atoms with Gasteiger partial charge in [-0.05, 0) is 25.2 Å². The third kappa shape index (κ3) is 2.96. The van der Waals surface area contributed by atoms with Gasteiger partial charge in [0.15, 0.2) is 0 Å². The third-order valence-electron chi connectivity index (χ3n) is 2.78. The molecule has 1 fully saturated rings. The van der Waals surface area contributed by atoms with E-state index in [-0.39, 0.29) is 0 Å². The highest BCUT2D eigenvalue weighted by molar-refractivity contribution is 5.81. The van der Waals surface area contributed by atoms with Gasteiger partial charge in [0.1, 0.15) is 5.78 Å². The standard InChI is InChI=1S/C11H20O/c1-9(2)7-8-11(12)10-5-3-4-6-10/h9-10H,3-8H2,1-2H3. The van der Waals surface area contributed by atoms with Crippen LogP contribution in [0.5, 0.6) is 0 Å². The minimum atomic E-state index is 0.434. The fourth-order valence-corrected chi connectivity index (χ4v) is 1.88. The number of rotatable bonds is 4. The van der Waals surface area contributed by atoms with Crippen molar-refractivity contribution in [2.24, 2.45) is 11.8 Å². The maximum atomic E-state index is 11.5. The van der Waals surface area contributed by atoms with Crippen LogP contribution < -0.4 is 0 Å². The van der Waals surface area contributed by atoms with Crippen LogP contribution >= 0.6 is 0 Å². The van der Waals surface area contributed by atoms with E-state index in [1.54, 1.807) is 0 Å². The Kier molecular flexibility index (Phi) is 3.77. The Bertz CT molecular complexity index is 143. The fraction of sp³-hybridized carbons (Fsp3) is 0.909. The summed E-state index contributed by atoms with van der Waals surface area (Å²) < 4.78 is 0. The van der Waals surface area contributed by atoms with Crippen molar-refractivity contribution < 1.29 is 4.79 Å². The maximum absolute atomic E-state index is 11.5. The minimum absolute atomic E-state index is 0.434. The summed E-state index contributed by atoms with van der Waals surface area (Å²) in [5.41, 5.74) is 0. The lowest BCUT2D eigenvalue weighted by Gasteiger charge is -2.08. The molecular weight excluding hydrogens is 148 g/mol. The first-order valence-corrected chi connectivity index (χ1v) is 5.23. The van der Waals surface area contributed by atoms with Crippen molar-refractivity contribution >= 4 is 5.78 Å².